The van der Waals surface area contributed by atoms with E-state index in [1.165, 1.54) is 21.9 Å². The molecule has 0 amide bonds. The van der Waals surface area contributed by atoms with Gasteiger partial charge in [0.2, 0.25) is 0 Å². The number of hydrogen-bond acceptors (Lipinski definition) is 2. The molecule has 0 atom stereocenters. The van der Waals surface area contributed by atoms with E-state index in [2.05, 4.69) is 79.0 Å². The lowest BCUT2D eigenvalue weighted by molar-refractivity contribution is 0.305. The minimum Gasteiger partial charge on any atom is -0.489 e. The van der Waals surface area contributed by atoms with Crippen molar-refractivity contribution in [3.8, 4) is 5.75 Å². The average molecular weight is 402 g/mol. The van der Waals surface area contributed by atoms with Crippen molar-refractivity contribution in [1.29, 1.82) is 0 Å². The Morgan fingerprint density at radius 2 is 1.55 bits per heavy atom. The standard InChI is InChI=1S/C26H24ClNO/c1-2-19-8-4-6-13-25(19)28-17-22-16-23(27)14-15-26(22)29-18-21-11-7-10-20-9-3-5-12-24(20)21/h3-16,28H,2,17-18H2,1H3. The van der Waals surface area contributed by atoms with E-state index in [1.807, 2.05) is 18.2 Å². The number of benzene rings is 4. The Hall–Kier alpha value is -2.97. The minimum atomic E-state index is 0.515. The van der Waals surface area contributed by atoms with Crippen molar-refractivity contribution in [2.45, 2.75) is 26.5 Å². The predicted octanol–water partition coefficient (Wildman–Crippen LogP) is 7.25. The highest BCUT2D eigenvalue weighted by molar-refractivity contribution is 6.30. The molecule has 4 rings (SSSR count). The van der Waals surface area contributed by atoms with Crippen LogP contribution in [0.3, 0.4) is 0 Å². The molecule has 4 aromatic rings. The number of fused-ring (bicyclic) bond motifs is 1. The average Bonchev–Trinajstić information content (AvgIpc) is 2.77. The first kappa shape index (κ1) is 19.4. The minimum absolute atomic E-state index is 0.515. The summed E-state index contributed by atoms with van der Waals surface area (Å²) in [6.45, 7) is 3.34. The summed E-state index contributed by atoms with van der Waals surface area (Å²) in [4.78, 5) is 0. The van der Waals surface area contributed by atoms with Crippen LogP contribution in [0.15, 0.2) is 84.9 Å². The first-order valence-corrected chi connectivity index (χ1v) is 10.3. The van der Waals surface area contributed by atoms with Gasteiger partial charge in [0.1, 0.15) is 12.4 Å². The molecule has 0 radical (unpaired) electrons. The lowest BCUT2D eigenvalue weighted by Gasteiger charge is -2.16. The van der Waals surface area contributed by atoms with Gasteiger partial charge in [-0.15, -0.1) is 0 Å². The molecule has 0 aromatic heterocycles. The number of rotatable bonds is 7. The van der Waals surface area contributed by atoms with Crippen molar-refractivity contribution >= 4 is 28.1 Å². The highest BCUT2D eigenvalue weighted by Crippen LogP contribution is 2.27. The highest BCUT2D eigenvalue weighted by atomic mass is 35.5. The molecule has 0 unspecified atom stereocenters. The summed E-state index contributed by atoms with van der Waals surface area (Å²) < 4.78 is 6.23. The Morgan fingerprint density at radius 1 is 0.793 bits per heavy atom. The van der Waals surface area contributed by atoms with E-state index in [0.29, 0.717) is 18.2 Å². The summed E-state index contributed by atoms with van der Waals surface area (Å²) >= 11 is 6.27. The number of halogens is 1. The van der Waals surface area contributed by atoms with E-state index < -0.39 is 0 Å². The van der Waals surface area contributed by atoms with Crippen LogP contribution < -0.4 is 10.1 Å². The lowest BCUT2D eigenvalue weighted by atomic mass is 10.1. The van der Waals surface area contributed by atoms with Crippen LogP contribution in [-0.2, 0) is 19.6 Å². The molecule has 3 heteroatoms. The summed E-state index contributed by atoms with van der Waals surface area (Å²) in [5.41, 5.74) is 4.67. The first-order chi connectivity index (χ1) is 14.2. The topological polar surface area (TPSA) is 21.3 Å². The summed E-state index contributed by atoms with van der Waals surface area (Å²) in [6, 6.07) is 28.9. The zero-order valence-corrected chi connectivity index (χ0v) is 17.2. The van der Waals surface area contributed by atoms with Crippen LogP contribution in [0, 0.1) is 0 Å². The molecule has 0 fully saturated rings. The van der Waals surface area contributed by atoms with E-state index in [4.69, 9.17) is 16.3 Å². The van der Waals surface area contributed by atoms with Crippen LogP contribution >= 0.6 is 11.6 Å². The van der Waals surface area contributed by atoms with Gasteiger partial charge in [-0.2, -0.15) is 0 Å². The van der Waals surface area contributed by atoms with Crippen LogP contribution in [0.5, 0.6) is 5.75 Å². The number of hydrogen-bond donors (Lipinski definition) is 1. The summed E-state index contributed by atoms with van der Waals surface area (Å²) in [7, 11) is 0. The smallest absolute Gasteiger partial charge is 0.124 e. The molecule has 0 heterocycles. The molecular weight excluding hydrogens is 378 g/mol. The van der Waals surface area contributed by atoms with Crippen molar-refractivity contribution in [2.24, 2.45) is 0 Å². The van der Waals surface area contributed by atoms with Crippen molar-refractivity contribution in [3.63, 3.8) is 0 Å². The van der Waals surface area contributed by atoms with Crippen molar-refractivity contribution in [3.05, 3.63) is 107 Å². The molecule has 2 nitrogen and oxygen atoms in total. The Kier molecular flexibility index (Phi) is 6.02. The van der Waals surface area contributed by atoms with Crippen LogP contribution in [0.1, 0.15) is 23.6 Å². The molecule has 1 N–H and O–H groups in total. The maximum Gasteiger partial charge on any atom is 0.124 e. The SMILES string of the molecule is CCc1ccccc1NCc1cc(Cl)ccc1OCc1cccc2ccccc12. The van der Waals surface area contributed by atoms with Crippen LogP contribution in [0.2, 0.25) is 5.02 Å². The molecule has 4 aromatic carbocycles. The van der Waals surface area contributed by atoms with Crippen LogP contribution in [0.25, 0.3) is 10.8 Å². The van der Waals surface area contributed by atoms with Crippen LogP contribution in [-0.4, -0.2) is 0 Å². The third-order valence-corrected chi connectivity index (χ3v) is 5.39. The van der Waals surface area contributed by atoms with E-state index in [9.17, 15) is 0 Å². The second-order valence-electron chi connectivity index (χ2n) is 7.04. The zero-order valence-electron chi connectivity index (χ0n) is 16.5. The van der Waals surface area contributed by atoms with Gasteiger partial charge in [-0.25, -0.2) is 0 Å². The molecule has 0 aliphatic carbocycles. The highest BCUT2D eigenvalue weighted by Gasteiger charge is 2.08. The first-order valence-electron chi connectivity index (χ1n) is 9.94. The lowest BCUT2D eigenvalue weighted by Crippen LogP contribution is -2.05. The van der Waals surface area contributed by atoms with Gasteiger partial charge in [0.15, 0.2) is 0 Å². The second kappa shape index (κ2) is 9.02. The van der Waals surface area contributed by atoms with Gasteiger partial charge in [-0.05, 0) is 52.6 Å². The predicted molar refractivity (Wildman–Crippen MR) is 123 cm³/mol. The molecule has 146 valence electrons. The molecule has 0 saturated carbocycles. The van der Waals surface area contributed by atoms with Gasteiger partial charge in [0, 0.05) is 22.8 Å². The van der Waals surface area contributed by atoms with E-state index >= 15 is 0 Å². The zero-order chi connectivity index (χ0) is 20.1. The second-order valence-corrected chi connectivity index (χ2v) is 7.48. The Morgan fingerprint density at radius 3 is 2.45 bits per heavy atom. The van der Waals surface area contributed by atoms with Gasteiger partial charge in [-0.1, -0.05) is 79.2 Å². The van der Waals surface area contributed by atoms with E-state index in [0.717, 1.165) is 23.4 Å². The molecule has 0 aliphatic heterocycles. The summed E-state index contributed by atoms with van der Waals surface area (Å²) in [5.74, 6) is 0.851. The fourth-order valence-corrected chi connectivity index (χ4v) is 3.79. The van der Waals surface area contributed by atoms with E-state index in [1.54, 1.807) is 0 Å². The number of para-hydroxylation sites is 1. The van der Waals surface area contributed by atoms with Gasteiger partial charge >= 0.3 is 0 Å². The summed E-state index contributed by atoms with van der Waals surface area (Å²) in [5, 5.41) is 6.70. The van der Waals surface area contributed by atoms with Crippen molar-refractivity contribution < 1.29 is 4.74 Å². The van der Waals surface area contributed by atoms with Gasteiger partial charge in [-0.3, -0.25) is 0 Å². The quantitative estimate of drug-likeness (QED) is 0.352. The maximum atomic E-state index is 6.27. The number of ether oxygens (including phenoxy) is 1. The van der Waals surface area contributed by atoms with Crippen molar-refractivity contribution in [1.82, 2.24) is 0 Å². The van der Waals surface area contributed by atoms with Gasteiger partial charge in [0.05, 0.1) is 0 Å². The third kappa shape index (κ3) is 4.55. The normalized spacial score (nSPS) is 10.8. The molecular formula is C26H24ClNO. The molecule has 0 saturated heterocycles. The fraction of sp³-hybridized carbons (Fsp3) is 0.154. The van der Waals surface area contributed by atoms with E-state index in [-0.39, 0.29) is 0 Å². The van der Waals surface area contributed by atoms with Gasteiger partial charge < -0.3 is 10.1 Å². The molecule has 0 spiro atoms. The third-order valence-electron chi connectivity index (χ3n) is 5.15. The number of nitrogens with one attached hydrogen (secondary N) is 1. The summed E-state index contributed by atoms with van der Waals surface area (Å²) in [6.07, 6.45) is 0.989. The molecule has 0 aliphatic rings. The fourth-order valence-electron chi connectivity index (χ4n) is 3.59. The Labute approximate surface area is 177 Å². The number of anilines is 1. The maximum absolute atomic E-state index is 6.27. The van der Waals surface area contributed by atoms with Crippen LogP contribution in [0.4, 0.5) is 5.69 Å². The van der Waals surface area contributed by atoms with Gasteiger partial charge in [0.25, 0.3) is 0 Å². The molecule has 0 bridgehead atoms. The largest absolute Gasteiger partial charge is 0.489 e. The van der Waals surface area contributed by atoms with Crippen molar-refractivity contribution in [2.75, 3.05) is 5.32 Å². The Bertz CT molecular complexity index is 1120. The monoisotopic (exact) mass is 401 g/mol. The number of aryl methyl sites for hydroxylation is 1. The Balaban J connectivity index is 1.53. The molecule has 29 heavy (non-hydrogen) atoms.